The summed E-state index contributed by atoms with van der Waals surface area (Å²) in [6.45, 7) is 0.734. The molecule has 2 aromatic carbocycles. The van der Waals surface area contributed by atoms with Crippen molar-refractivity contribution >= 4 is 17.2 Å². The minimum Gasteiger partial charge on any atom is -0.496 e. The van der Waals surface area contributed by atoms with E-state index in [1.807, 2.05) is 42.6 Å². The first-order valence-electron chi connectivity index (χ1n) is 6.48. The number of carbonyl (C=O) groups excluding carboxylic acids is 1. The number of hydrogen-bond donors (Lipinski definition) is 0. The number of aromatic nitrogens is 1. The SMILES string of the molecule is COc1cccc2c1c(C=O)cn2Cc1ccccc1. The maximum atomic E-state index is 11.3. The lowest BCUT2D eigenvalue weighted by molar-refractivity contribution is 0.112. The van der Waals surface area contributed by atoms with Crippen LogP contribution < -0.4 is 4.74 Å². The minimum atomic E-state index is 0.661. The standard InChI is InChI=1S/C17H15NO2/c1-20-16-9-5-8-15-17(16)14(12-19)11-18(15)10-13-6-3-2-4-7-13/h2-9,11-12H,10H2,1H3. The zero-order valence-corrected chi connectivity index (χ0v) is 11.2. The van der Waals surface area contributed by atoms with E-state index in [9.17, 15) is 4.79 Å². The van der Waals surface area contributed by atoms with Crippen LogP contribution in [0.3, 0.4) is 0 Å². The second kappa shape index (κ2) is 5.21. The number of benzene rings is 2. The second-order valence-corrected chi connectivity index (χ2v) is 4.67. The van der Waals surface area contributed by atoms with Crippen LogP contribution in [0.25, 0.3) is 10.9 Å². The average molecular weight is 265 g/mol. The molecular weight excluding hydrogens is 250 g/mol. The van der Waals surface area contributed by atoms with Crippen LogP contribution >= 0.6 is 0 Å². The summed E-state index contributed by atoms with van der Waals surface area (Å²) >= 11 is 0. The molecule has 0 fully saturated rings. The molecule has 3 rings (SSSR count). The van der Waals surface area contributed by atoms with Gasteiger partial charge < -0.3 is 9.30 Å². The monoisotopic (exact) mass is 265 g/mol. The first kappa shape index (κ1) is 12.5. The summed E-state index contributed by atoms with van der Waals surface area (Å²) in [5.74, 6) is 0.733. The van der Waals surface area contributed by atoms with E-state index in [0.29, 0.717) is 5.56 Å². The van der Waals surface area contributed by atoms with E-state index in [-0.39, 0.29) is 0 Å². The van der Waals surface area contributed by atoms with Crippen LogP contribution in [0.4, 0.5) is 0 Å². The van der Waals surface area contributed by atoms with Gasteiger partial charge in [-0.15, -0.1) is 0 Å². The quantitative estimate of drug-likeness (QED) is 0.676. The van der Waals surface area contributed by atoms with Crippen LogP contribution in [0.5, 0.6) is 5.75 Å². The number of rotatable bonds is 4. The van der Waals surface area contributed by atoms with Gasteiger partial charge in [-0.1, -0.05) is 36.4 Å². The van der Waals surface area contributed by atoms with Gasteiger partial charge in [0.15, 0.2) is 6.29 Å². The summed E-state index contributed by atoms with van der Waals surface area (Å²) in [6, 6.07) is 16.0. The first-order chi connectivity index (χ1) is 9.83. The smallest absolute Gasteiger partial charge is 0.152 e. The van der Waals surface area contributed by atoms with Crippen LogP contribution in [0.15, 0.2) is 54.7 Å². The fourth-order valence-electron chi connectivity index (χ4n) is 2.52. The molecule has 3 heteroatoms. The maximum Gasteiger partial charge on any atom is 0.152 e. The Bertz CT molecular complexity index is 744. The molecule has 0 saturated heterocycles. The summed E-state index contributed by atoms with van der Waals surface area (Å²) in [4.78, 5) is 11.3. The van der Waals surface area contributed by atoms with Gasteiger partial charge in [-0.3, -0.25) is 4.79 Å². The van der Waals surface area contributed by atoms with E-state index in [0.717, 1.165) is 29.5 Å². The molecule has 0 saturated carbocycles. The average Bonchev–Trinajstić information content (AvgIpc) is 2.86. The predicted molar refractivity (Wildman–Crippen MR) is 79.4 cm³/mol. The van der Waals surface area contributed by atoms with Gasteiger partial charge in [0.2, 0.25) is 0 Å². The fraction of sp³-hybridized carbons (Fsp3) is 0.118. The zero-order valence-electron chi connectivity index (χ0n) is 11.2. The topological polar surface area (TPSA) is 31.2 Å². The van der Waals surface area contributed by atoms with Gasteiger partial charge in [-0.25, -0.2) is 0 Å². The maximum absolute atomic E-state index is 11.3. The molecule has 0 aliphatic carbocycles. The molecule has 0 unspecified atom stereocenters. The molecule has 3 aromatic rings. The molecule has 0 aliphatic heterocycles. The van der Waals surface area contributed by atoms with Crippen LogP contribution in [-0.4, -0.2) is 18.0 Å². The number of methoxy groups -OCH3 is 1. The van der Waals surface area contributed by atoms with E-state index >= 15 is 0 Å². The molecule has 0 bridgehead atoms. The third-order valence-electron chi connectivity index (χ3n) is 3.44. The van der Waals surface area contributed by atoms with Gasteiger partial charge in [-0.2, -0.15) is 0 Å². The summed E-state index contributed by atoms with van der Waals surface area (Å²) < 4.78 is 7.44. The van der Waals surface area contributed by atoms with Crippen molar-refractivity contribution in [2.75, 3.05) is 7.11 Å². The Kier molecular flexibility index (Phi) is 3.25. The fourth-order valence-corrected chi connectivity index (χ4v) is 2.52. The normalized spacial score (nSPS) is 10.7. The van der Waals surface area contributed by atoms with E-state index in [2.05, 4.69) is 16.7 Å². The Balaban J connectivity index is 2.15. The molecule has 0 spiro atoms. The van der Waals surface area contributed by atoms with Crippen LogP contribution in [0, 0.1) is 0 Å². The Morgan fingerprint density at radius 3 is 2.60 bits per heavy atom. The van der Waals surface area contributed by atoms with Gasteiger partial charge in [0.25, 0.3) is 0 Å². The lowest BCUT2D eigenvalue weighted by atomic mass is 10.1. The molecular formula is C17H15NO2. The van der Waals surface area contributed by atoms with Crippen molar-refractivity contribution in [3.8, 4) is 5.75 Å². The predicted octanol–water partition coefficient (Wildman–Crippen LogP) is 3.51. The van der Waals surface area contributed by atoms with E-state index in [4.69, 9.17) is 4.74 Å². The highest BCUT2D eigenvalue weighted by atomic mass is 16.5. The van der Waals surface area contributed by atoms with Crippen molar-refractivity contribution in [3.05, 3.63) is 65.9 Å². The third-order valence-corrected chi connectivity index (χ3v) is 3.44. The first-order valence-corrected chi connectivity index (χ1v) is 6.48. The van der Waals surface area contributed by atoms with Gasteiger partial charge in [0.1, 0.15) is 5.75 Å². The van der Waals surface area contributed by atoms with E-state index < -0.39 is 0 Å². The zero-order chi connectivity index (χ0) is 13.9. The molecule has 0 radical (unpaired) electrons. The van der Waals surface area contributed by atoms with Crippen LogP contribution in [-0.2, 0) is 6.54 Å². The van der Waals surface area contributed by atoms with Crippen LogP contribution in [0.2, 0.25) is 0 Å². The summed E-state index contributed by atoms with van der Waals surface area (Å²) in [7, 11) is 1.62. The molecule has 1 aromatic heterocycles. The summed E-state index contributed by atoms with van der Waals surface area (Å²) in [6.07, 6.45) is 2.76. The minimum absolute atomic E-state index is 0.661. The molecule has 0 aliphatic rings. The number of aldehydes is 1. The lowest BCUT2D eigenvalue weighted by Crippen LogP contribution is -1.97. The number of nitrogens with zero attached hydrogens (tertiary/aromatic N) is 1. The van der Waals surface area contributed by atoms with E-state index in [1.54, 1.807) is 7.11 Å². The molecule has 0 amide bonds. The van der Waals surface area contributed by atoms with Crippen molar-refractivity contribution in [1.82, 2.24) is 4.57 Å². The third kappa shape index (κ3) is 2.07. The highest BCUT2D eigenvalue weighted by Gasteiger charge is 2.12. The lowest BCUT2D eigenvalue weighted by Gasteiger charge is -2.06. The van der Waals surface area contributed by atoms with Gasteiger partial charge in [-0.05, 0) is 17.7 Å². The van der Waals surface area contributed by atoms with Crippen molar-refractivity contribution in [2.45, 2.75) is 6.54 Å². The number of fused-ring (bicyclic) bond motifs is 1. The summed E-state index contributed by atoms with van der Waals surface area (Å²) in [5, 5.41) is 0.876. The molecule has 100 valence electrons. The molecule has 1 heterocycles. The number of ether oxygens (including phenoxy) is 1. The largest absolute Gasteiger partial charge is 0.496 e. The Hall–Kier alpha value is -2.55. The molecule has 0 atom stereocenters. The molecule has 20 heavy (non-hydrogen) atoms. The molecule has 0 N–H and O–H groups in total. The number of carbonyl (C=O) groups is 1. The van der Waals surface area contributed by atoms with Gasteiger partial charge in [0, 0.05) is 18.3 Å². The highest BCUT2D eigenvalue weighted by molar-refractivity contribution is 6.01. The van der Waals surface area contributed by atoms with Crippen molar-refractivity contribution in [1.29, 1.82) is 0 Å². The molecule has 3 nitrogen and oxygen atoms in total. The van der Waals surface area contributed by atoms with Gasteiger partial charge >= 0.3 is 0 Å². The Morgan fingerprint density at radius 1 is 1.10 bits per heavy atom. The number of hydrogen-bond acceptors (Lipinski definition) is 2. The second-order valence-electron chi connectivity index (χ2n) is 4.67. The van der Waals surface area contributed by atoms with Crippen molar-refractivity contribution in [2.24, 2.45) is 0 Å². The summed E-state index contributed by atoms with van der Waals surface area (Å²) in [5.41, 5.74) is 2.87. The van der Waals surface area contributed by atoms with Crippen molar-refractivity contribution < 1.29 is 9.53 Å². The highest BCUT2D eigenvalue weighted by Crippen LogP contribution is 2.30. The Morgan fingerprint density at radius 2 is 1.90 bits per heavy atom. The van der Waals surface area contributed by atoms with Crippen LogP contribution in [0.1, 0.15) is 15.9 Å². The Labute approximate surface area is 117 Å². The van der Waals surface area contributed by atoms with Gasteiger partial charge in [0.05, 0.1) is 18.0 Å². The van der Waals surface area contributed by atoms with E-state index in [1.165, 1.54) is 5.56 Å². The van der Waals surface area contributed by atoms with Crippen molar-refractivity contribution in [3.63, 3.8) is 0 Å².